The zero-order valence-corrected chi connectivity index (χ0v) is 23.2. The molecule has 41 heavy (non-hydrogen) atoms. The summed E-state index contributed by atoms with van der Waals surface area (Å²) in [7, 11) is -8.41. The van der Waals surface area contributed by atoms with Gasteiger partial charge in [0.2, 0.25) is 5.91 Å². The third-order valence-corrected chi connectivity index (χ3v) is 9.06. The lowest BCUT2D eigenvalue weighted by molar-refractivity contribution is -0.137. The smallest absolute Gasteiger partial charge is 0.325 e. The van der Waals surface area contributed by atoms with Crippen LogP contribution in [0.25, 0.3) is 0 Å². The van der Waals surface area contributed by atoms with E-state index in [9.17, 15) is 34.8 Å². The van der Waals surface area contributed by atoms with Gasteiger partial charge >= 0.3 is 6.18 Å². The van der Waals surface area contributed by atoms with Crippen LogP contribution < -0.4 is 14.3 Å². The SMILES string of the molecule is O=C(CN(c1ccc(Cl)cc1)S(=O)(=O)c1ccccc1)Nc1ccc(S(=O)(=O)Nc2cccc(C(F)(F)F)c2)cc1. The third-order valence-electron chi connectivity index (χ3n) is 5.62. The maximum absolute atomic E-state index is 13.4. The summed E-state index contributed by atoms with van der Waals surface area (Å²) >= 11 is 5.94. The summed E-state index contributed by atoms with van der Waals surface area (Å²) in [4.78, 5) is 12.6. The highest BCUT2D eigenvalue weighted by atomic mass is 35.5. The predicted octanol–water partition coefficient (Wildman–Crippen LogP) is 5.99. The van der Waals surface area contributed by atoms with E-state index in [-0.39, 0.29) is 26.9 Å². The Morgan fingerprint density at radius 2 is 1.39 bits per heavy atom. The summed E-state index contributed by atoms with van der Waals surface area (Å²) in [6.45, 7) is -0.615. The van der Waals surface area contributed by atoms with E-state index in [1.165, 1.54) is 54.6 Å². The fourth-order valence-electron chi connectivity index (χ4n) is 3.66. The first-order chi connectivity index (χ1) is 19.3. The van der Waals surface area contributed by atoms with Crippen LogP contribution in [0.15, 0.2) is 113 Å². The highest BCUT2D eigenvalue weighted by molar-refractivity contribution is 7.93. The van der Waals surface area contributed by atoms with Crippen LogP contribution in [0.3, 0.4) is 0 Å². The maximum Gasteiger partial charge on any atom is 0.416 e. The number of anilines is 3. The minimum absolute atomic E-state index is 0.0365. The van der Waals surface area contributed by atoms with Crippen molar-refractivity contribution >= 4 is 54.6 Å². The van der Waals surface area contributed by atoms with E-state index in [2.05, 4.69) is 10.0 Å². The summed E-state index contributed by atoms with van der Waals surface area (Å²) in [5.74, 6) is -0.725. The lowest BCUT2D eigenvalue weighted by Crippen LogP contribution is -2.38. The van der Waals surface area contributed by atoms with Gasteiger partial charge in [-0.15, -0.1) is 0 Å². The molecule has 4 aromatic rings. The first kappa shape index (κ1) is 29.9. The van der Waals surface area contributed by atoms with Crippen molar-refractivity contribution in [3.05, 3.63) is 114 Å². The van der Waals surface area contributed by atoms with Crippen LogP contribution in [0.2, 0.25) is 5.02 Å². The second-order valence-electron chi connectivity index (χ2n) is 8.56. The molecule has 0 radical (unpaired) electrons. The van der Waals surface area contributed by atoms with Gasteiger partial charge in [-0.3, -0.25) is 13.8 Å². The molecule has 0 atom stereocenters. The summed E-state index contributed by atoms with van der Waals surface area (Å²) in [5, 5.41) is 2.89. The van der Waals surface area contributed by atoms with Crippen molar-refractivity contribution in [1.29, 1.82) is 0 Å². The molecule has 2 N–H and O–H groups in total. The van der Waals surface area contributed by atoms with E-state index in [1.54, 1.807) is 18.2 Å². The molecule has 0 fully saturated rings. The van der Waals surface area contributed by atoms with Crippen molar-refractivity contribution < 1.29 is 34.8 Å². The Morgan fingerprint density at radius 3 is 2.00 bits per heavy atom. The molecule has 0 saturated carbocycles. The maximum atomic E-state index is 13.4. The Labute approximate surface area is 239 Å². The number of carbonyl (C=O) groups is 1. The fraction of sp³-hybridized carbons (Fsp3) is 0.0741. The number of amides is 1. The van der Waals surface area contributed by atoms with Crippen LogP contribution in [0.5, 0.6) is 0 Å². The van der Waals surface area contributed by atoms with Crippen LogP contribution >= 0.6 is 11.6 Å². The van der Waals surface area contributed by atoms with Crippen molar-refractivity contribution in [1.82, 2.24) is 0 Å². The van der Waals surface area contributed by atoms with Crippen molar-refractivity contribution in [3.63, 3.8) is 0 Å². The zero-order valence-electron chi connectivity index (χ0n) is 20.8. The largest absolute Gasteiger partial charge is 0.416 e. The lowest BCUT2D eigenvalue weighted by Gasteiger charge is -2.24. The molecule has 0 aliphatic carbocycles. The predicted molar refractivity (Wildman–Crippen MR) is 150 cm³/mol. The van der Waals surface area contributed by atoms with Gasteiger partial charge < -0.3 is 5.32 Å². The second-order valence-corrected chi connectivity index (χ2v) is 12.5. The number of carbonyl (C=O) groups excluding carboxylic acids is 1. The molecule has 0 heterocycles. The van der Waals surface area contributed by atoms with Gasteiger partial charge in [-0.2, -0.15) is 13.2 Å². The number of hydrogen-bond acceptors (Lipinski definition) is 5. The minimum atomic E-state index is -4.65. The molecule has 0 aliphatic rings. The van der Waals surface area contributed by atoms with E-state index < -0.39 is 44.2 Å². The summed E-state index contributed by atoms with van der Waals surface area (Å²) < 4.78 is 94.0. The highest BCUT2D eigenvalue weighted by Gasteiger charge is 2.31. The van der Waals surface area contributed by atoms with E-state index in [4.69, 9.17) is 11.6 Å². The number of hydrogen-bond donors (Lipinski definition) is 2. The van der Waals surface area contributed by atoms with Crippen LogP contribution in [0.1, 0.15) is 5.56 Å². The summed E-state index contributed by atoms with van der Waals surface area (Å²) in [5.41, 5.74) is -0.950. The Kier molecular flexibility index (Phi) is 8.61. The number of halogens is 4. The average Bonchev–Trinajstić information content (AvgIpc) is 2.92. The molecular formula is C27H21ClF3N3O5S2. The molecular weight excluding hydrogens is 603 g/mol. The fourth-order valence-corrected chi connectivity index (χ4v) is 6.28. The average molecular weight is 624 g/mol. The molecule has 14 heteroatoms. The Morgan fingerprint density at radius 1 is 0.756 bits per heavy atom. The number of nitrogens with one attached hydrogen (secondary N) is 2. The summed E-state index contributed by atoms with van der Waals surface area (Å²) in [6, 6.07) is 21.9. The summed E-state index contributed by atoms with van der Waals surface area (Å²) in [6.07, 6.45) is -4.65. The van der Waals surface area contributed by atoms with Gasteiger partial charge in [0.1, 0.15) is 6.54 Å². The minimum Gasteiger partial charge on any atom is -0.325 e. The first-order valence-corrected chi connectivity index (χ1v) is 15.0. The van der Waals surface area contributed by atoms with E-state index in [0.29, 0.717) is 11.1 Å². The Balaban J connectivity index is 1.51. The second kappa shape index (κ2) is 11.8. The third kappa shape index (κ3) is 7.37. The molecule has 0 aromatic heterocycles. The van der Waals surface area contributed by atoms with Crippen LogP contribution in [0, 0.1) is 0 Å². The van der Waals surface area contributed by atoms with Crippen LogP contribution in [0.4, 0.5) is 30.2 Å². The van der Waals surface area contributed by atoms with E-state index in [0.717, 1.165) is 28.6 Å². The molecule has 8 nitrogen and oxygen atoms in total. The van der Waals surface area contributed by atoms with Gasteiger partial charge in [-0.25, -0.2) is 16.8 Å². The van der Waals surface area contributed by atoms with Gasteiger partial charge in [-0.1, -0.05) is 35.9 Å². The van der Waals surface area contributed by atoms with Crippen molar-refractivity contribution in [2.45, 2.75) is 16.0 Å². The van der Waals surface area contributed by atoms with E-state index >= 15 is 0 Å². The monoisotopic (exact) mass is 623 g/mol. The molecule has 214 valence electrons. The van der Waals surface area contributed by atoms with E-state index in [1.807, 2.05) is 0 Å². The van der Waals surface area contributed by atoms with Gasteiger partial charge in [0.05, 0.1) is 21.0 Å². The zero-order chi connectivity index (χ0) is 29.8. The van der Waals surface area contributed by atoms with Gasteiger partial charge in [0.25, 0.3) is 20.0 Å². The van der Waals surface area contributed by atoms with Crippen molar-refractivity contribution in [2.75, 3.05) is 20.9 Å². The topological polar surface area (TPSA) is 113 Å². The van der Waals surface area contributed by atoms with Gasteiger partial charge in [-0.05, 0) is 78.9 Å². The standard InChI is InChI=1S/C27H21ClF3N3O5S2/c28-20-9-13-23(14-10-20)34(41(38,39)25-7-2-1-3-8-25)18-26(35)32-21-11-15-24(16-12-21)40(36,37)33-22-6-4-5-19(17-22)27(29,30)31/h1-17,33H,18H2,(H,32,35). The Hall–Kier alpha value is -4.07. The molecule has 0 aliphatic heterocycles. The van der Waals surface area contributed by atoms with Crippen molar-refractivity contribution in [2.24, 2.45) is 0 Å². The normalized spacial score (nSPS) is 12.0. The molecule has 0 spiro atoms. The first-order valence-electron chi connectivity index (χ1n) is 11.7. The molecule has 1 amide bonds. The molecule has 0 unspecified atom stereocenters. The van der Waals surface area contributed by atoms with Gasteiger partial charge in [0, 0.05) is 16.4 Å². The number of nitrogens with zero attached hydrogens (tertiary/aromatic N) is 1. The highest BCUT2D eigenvalue weighted by Crippen LogP contribution is 2.31. The Bertz CT molecular complexity index is 1750. The number of benzene rings is 4. The molecule has 0 saturated heterocycles. The van der Waals surface area contributed by atoms with Gasteiger partial charge in [0.15, 0.2) is 0 Å². The molecule has 0 bridgehead atoms. The van der Waals surface area contributed by atoms with Crippen molar-refractivity contribution in [3.8, 4) is 0 Å². The quantitative estimate of drug-likeness (QED) is 0.238. The number of rotatable bonds is 9. The molecule has 4 rings (SSSR count). The van der Waals surface area contributed by atoms with Crippen LogP contribution in [-0.2, 0) is 31.0 Å². The number of alkyl halides is 3. The lowest BCUT2D eigenvalue weighted by atomic mass is 10.2. The number of sulfonamides is 2. The van der Waals surface area contributed by atoms with Crippen LogP contribution in [-0.4, -0.2) is 29.3 Å². The molecule has 4 aromatic carbocycles.